The summed E-state index contributed by atoms with van der Waals surface area (Å²) in [6.07, 6.45) is 0. The molecule has 0 aliphatic carbocycles. The van der Waals surface area contributed by atoms with E-state index in [1.165, 1.54) is 0 Å². The normalized spacial score (nSPS) is 10.6. The molecule has 0 bridgehead atoms. The summed E-state index contributed by atoms with van der Waals surface area (Å²) in [4.78, 5) is 0. The van der Waals surface area contributed by atoms with Crippen molar-refractivity contribution in [1.82, 2.24) is 0 Å². The summed E-state index contributed by atoms with van der Waals surface area (Å²) in [6.45, 7) is 0.944. The first-order valence-corrected chi connectivity index (χ1v) is 9.98. The lowest BCUT2D eigenvalue weighted by atomic mass is 10.2. The van der Waals surface area contributed by atoms with E-state index in [1.54, 1.807) is 19.2 Å². The fourth-order valence-electron chi connectivity index (χ4n) is 2.59. The first kappa shape index (κ1) is 20.6. The van der Waals surface area contributed by atoms with Crippen molar-refractivity contribution in [3.8, 4) is 17.2 Å². The highest BCUT2D eigenvalue weighted by Crippen LogP contribution is 2.36. The Morgan fingerprint density at radius 1 is 1.00 bits per heavy atom. The molecule has 0 aliphatic rings. The van der Waals surface area contributed by atoms with Gasteiger partial charge in [0.15, 0.2) is 17.2 Å². The van der Waals surface area contributed by atoms with Crippen molar-refractivity contribution in [3.63, 3.8) is 0 Å². The molecule has 4 nitrogen and oxygen atoms in total. The number of rotatable bonds is 7. The summed E-state index contributed by atoms with van der Waals surface area (Å²) < 4.78 is 12.3. The van der Waals surface area contributed by atoms with Gasteiger partial charge in [-0.05, 0) is 35.4 Å². The molecule has 0 aromatic heterocycles. The molecule has 3 rings (SSSR count). The van der Waals surface area contributed by atoms with E-state index in [1.807, 2.05) is 42.5 Å². The standard InChI is InChI=1S/C21H18BrCl2NO3/c1-27-19-7-14(11-25-15-8-17(23)21(26)18(24)9-15)16(22)10-20(19)28-12-13-5-3-2-4-6-13/h2-10,25-26H,11-12H2,1H3. The predicted octanol–water partition coefficient (Wildman–Crippen LogP) is 6.66. The van der Waals surface area contributed by atoms with E-state index in [0.29, 0.717) is 30.3 Å². The minimum Gasteiger partial charge on any atom is -0.505 e. The van der Waals surface area contributed by atoms with Crippen LogP contribution in [-0.2, 0) is 13.2 Å². The van der Waals surface area contributed by atoms with E-state index in [4.69, 9.17) is 32.7 Å². The van der Waals surface area contributed by atoms with Crippen LogP contribution in [0.3, 0.4) is 0 Å². The zero-order valence-corrected chi connectivity index (χ0v) is 18.1. The molecule has 0 amide bonds. The van der Waals surface area contributed by atoms with Gasteiger partial charge in [-0.25, -0.2) is 0 Å². The Kier molecular flexibility index (Phi) is 6.94. The Morgan fingerprint density at radius 3 is 2.32 bits per heavy atom. The van der Waals surface area contributed by atoms with E-state index >= 15 is 0 Å². The number of benzene rings is 3. The van der Waals surface area contributed by atoms with Gasteiger partial charge in [0, 0.05) is 16.7 Å². The van der Waals surface area contributed by atoms with Crippen molar-refractivity contribution in [2.24, 2.45) is 0 Å². The van der Waals surface area contributed by atoms with Crippen LogP contribution >= 0.6 is 39.1 Å². The van der Waals surface area contributed by atoms with E-state index in [0.717, 1.165) is 15.6 Å². The van der Waals surface area contributed by atoms with Crippen molar-refractivity contribution < 1.29 is 14.6 Å². The zero-order valence-electron chi connectivity index (χ0n) is 15.0. The maximum Gasteiger partial charge on any atom is 0.162 e. The zero-order chi connectivity index (χ0) is 20.1. The topological polar surface area (TPSA) is 50.7 Å². The largest absolute Gasteiger partial charge is 0.505 e. The number of hydrogen-bond acceptors (Lipinski definition) is 4. The van der Waals surface area contributed by atoms with E-state index in [9.17, 15) is 5.11 Å². The molecule has 0 radical (unpaired) electrons. The lowest BCUT2D eigenvalue weighted by molar-refractivity contribution is 0.284. The molecular weight excluding hydrogens is 465 g/mol. The van der Waals surface area contributed by atoms with Gasteiger partial charge in [-0.1, -0.05) is 69.5 Å². The first-order chi connectivity index (χ1) is 13.5. The summed E-state index contributed by atoms with van der Waals surface area (Å²) in [7, 11) is 1.61. The van der Waals surface area contributed by atoms with Crippen LogP contribution in [0.15, 0.2) is 59.1 Å². The van der Waals surface area contributed by atoms with Crippen LogP contribution in [0.5, 0.6) is 17.2 Å². The van der Waals surface area contributed by atoms with Gasteiger partial charge in [-0.3, -0.25) is 0 Å². The molecule has 2 N–H and O–H groups in total. The number of phenols is 1. The second-order valence-electron chi connectivity index (χ2n) is 6.01. The lowest BCUT2D eigenvalue weighted by Gasteiger charge is -2.15. The van der Waals surface area contributed by atoms with Crippen LogP contribution in [0, 0.1) is 0 Å². The number of methoxy groups -OCH3 is 1. The van der Waals surface area contributed by atoms with Gasteiger partial charge in [0.2, 0.25) is 0 Å². The second kappa shape index (κ2) is 9.41. The molecule has 0 aliphatic heterocycles. The molecule has 0 fully saturated rings. The van der Waals surface area contributed by atoms with E-state index in [-0.39, 0.29) is 15.8 Å². The van der Waals surface area contributed by atoms with Crippen molar-refractivity contribution in [2.75, 3.05) is 12.4 Å². The number of anilines is 1. The Labute approximate surface area is 182 Å². The van der Waals surface area contributed by atoms with Crippen LogP contribution in [0.25, 0.3) is 0 Å². The summed E-state index contributed by atoms with van der Waals surface area (Å²) in [5.41, 5.74) is 2.74. The summed E-state index contributed by atoms with van der Waals surface area (Å²) in [6, 6.07) is 17.0. The molecule has 28 heavy (non-hydrogen) atoms. The van der Waals surface area contributed by atoms with Gasteiger partial charge in [-0.15, -0.1) is 0 Å². The van der Waals surface area contributed by atoms with Crippen molar-refractivity contribution in [1.29, 1.82) is 0 Å². The first-order valence-electron chi connectivity index (χ1n) is 8.43. The molecule has 0 atom stereocenters. The lowest BCUT2D eigenvalue weighted by Crippen LogP contribution is -2.03. The predicted molar refractivity (Wildman–Crippen MR) is 117 cm³/mol. The smallest absolute Gasteiger partial charge is 0.162 e. The molecule has 7 heteroatoms. The molecular formula is C21H18BrCl2NO3. The Hall–Kier alpha value is -2.08. The number of nitrogens with one attached hydrogen (secondary N) is 1. The molecule has 146 valence electrons. The highest BCUT2D eigenvalue weighted by molar-refractivity contribution is 9.10. The van der Waals surface area contributed by atoms with Crippen LogP contribution in [0.2, 0.25) is 10.0 Å². The third kappa shape index (κ3) is 5.04. The Balaban J connectivity index is 1.73. The third-order valence-electron chi connectivity index (χ3n) is 4.07. The van der Waals surface area contributed by atoms with Gasteiger partial charge in [-0.2, -0.15) is 0 Å². The van der Waals surface area contributed by atoms with Crippen LogP contribution < -0.4 is 14.8 Å². The molecule has 3 aromatic carbocycles. The number of halogens is 3. The second-order valence-corrected chi connectivity index (χ2v) is 7.68. The van der Waals surface area contributed by atoms with Gasteiger partial charge in [0.1, 0.15) is 6.61 Å². The Morgan fingerprint density at radius 2 is 1.68 bits per heavy atom. The average Bonchev–Trinajstić information content (AvgIpc) is 2.70. The van der Waals surface area contributed by atoms with Gasteiger partial charge < -0.3 is 19.9 Å². The Bertz CT molecular complexity index is 944. The summed E-state index contributed by atoms with van der Waals surface area (Å²) >= 11 is 15.5. The van der Waals surface area contributed by atoms with Crippen LogP contribution in [0.4, 0.5) is 5.69 Å². The molecule has 0 saturated carbocycles. The van der Waals surface area contributed by atoms with E-state index in [2.05, 4.69) is 21.2 Å². The molecule has 0 saturated heterocycles. The molecule has 0 heterocycles. The highest BCUT2D eigenvalue weighted by atomic mass is 79.9. The van der Waals surface area contributed by atoms with E-state index < -0.39 is 0 Å². The van der Waals surface area contributed by atoms with Crippen LogP contribution in [0.1, 0.15) is 11.1 Å². The number of ether oxygens (including phenoxy) is 2. The van der Waals surface area contributed by atoms with Crippen LogP contribution in [-0.4, -0.2) is 12.2 Å². The number of aromatic hydroxyl groups is 1. The van der Waals surface area contributed by atoms with Gasteiger partial charge in [0.05, 0.1) is 17.2 Å². The monoisotopic (exact) mass is 481 g/mol. The number of hydrogen-bond donors (Lipinski definition) is 2. The number of phenolic OH excluding ortho intramolecular Hbond substituents is 1. The highest BCUT2D eigenvalue weighted by Gasteiger charge is 2.12. The molecule has 3 aromatic rings. The quantitative estimate of drug-likeness (QED) is 0.369. The fourth-order valence-corrected chi connectivity index (χ4v) is 3.53. The molecule has 0 unspecified atom stereocenters. The maximum atomic E-state index is 9.66. The summed E-state index contributed by atoms with van der Waals surface area (Å²) in [5.74, 6) is 1.16. The maximum absolute atomic E-state index is 9.66. The third-order valence-corrected chi connectivity index (χ3v) is 5.38. The average molecular weight is 483 g/mol. The SMILES string of the molecule is COc1cc(CNc2cc(Cl)c(O)c(Cl)c2)c(Br)cc1OCc1ccccc1. The minimum absolute atomic E-state index is 0.128. The van der Waals surface area contributed by atoms with Crippen molar-refractivity contribution in [2.45, 2.75) is 13.2 Å². The van der Waals surface area contributed by atoms with Gasteiger partial charge >= 0.3 is 0 Å². The summed E-state index contributed by atoms with van der Waals surface area (Å²) in [5, 5.41) is 13.3. The van der Waals surface area contributed by atoms with Crippen molar-refractivity contribution in [3.05, 3.63) is 80.2 Å². The van der Waals surface area contributed by atoms with Crippen molar-refractivity contribution >= 4 is 44.8 Å². The fraction of sp³-hybridized carbons (Fsp3) is 0.143. The minimum atomic E-state index is -0.128. The van der Waals surface area contributed by atoms with Gasteiger partial charge in [0.25, 0.3) is 0 Å². The molecule has 0 spiro atoms.